The number of carbonyl (C=O) groups excluding carboxylic acids is 2. The number of ether oxygens (including phenoxy) is 1. The Morgan fingerprint density at radius 3 is 2.68 bits per heavy atom. The van der Waals surface area contributed by atoms with E-state index in [0.717, 1.165) is 37.0 Å². The zero-order chi connectivity index (χ0) is 17.7. The Hall–Kier alpha value is -2.10. The Morgan fingerprint density at radius 2 is 2.00 bits per heavy atom. The van der Waals surface area contributed by atoms with Gasteiger partial charge < -0.3 is 10.5 Å². The van der Waals surface area contributed by atoms with Crippen molar-refractivity contribution in [2.45, 2.75) is 44.9 Å². The molecule has 4 nitrogen and oxygen atoms in total. The first-order chi connectivity index (χ1) is 12.0. The number of allylic oxidation sites excluding steroid dienone is 2. The summed E-state index contributed by atoms with van der Waals surface area (Å²) in [5.41, 5.74) is 10.6. The van der Waals surface area contributed by atoms with Gasteiger partial charge in [0.05, 0.1) is 7.11 Å². The number of primary amides is 1. The van der Waals surface area contributed by atoms with Crippen LogP contribution in [0.4, 0.5) is 0 Å². The largest absolute Gasteiger partial charge is 0.497 e. The molecule has 1 aromatic carbocycles. The molecule has 4 heteroatoms. The molecule has 2 N–H and O–H groups in total. The lowest BCUT2D eigenvalue weighted by Gasteiger charge is -2.46. The average Bonchev–Trinajstić information content (AvgIpc) is 3.04. The van der Waals surface area contributed by atoms with E-state index >= 15 is 0 Å². The summed E-state index contributed by atoms with van der Waals surface area (Å²) >= 11 is 0. The summed E-state index contributed by atoms with van der Waals surface area (Å²) in [7, 11) is 1.67. The van der Waals surface area contributed by atoms with Crippen LogP contribution >= 0.6 is 0 Å². The summed E-state index contributed by atoms with van der Waals surface area (Å²) in [5.74, 6) is 1.51. The Morgan fingerprint density at radius 1 is 1.20 bits per heavy atom. The third kappa shape index (κ3) is 2.50. The van der Waals surface area contributed by atoms with Gasteiger partial charge in [-0.3, -0.25) is 9.59 Å². The molecule has 4 atom stereocenters. The lowest BCUT2D eigenvalue weighted by molar-refractivity contribution is -0.124. The van der Waals surface area contributed by atoms with E-state index in [4.69, 9.17) is 10.5 Å². The number of rotatable bonds is 3. The van der Waals surface area contributed by atoms with Crippen LogP contribution in [0, 0.1) is 17.8 Å². The van der Waals surface area contributed by atoms with Gasteiger partial charge in [0, 0.05) is 5.92 Å². The highest BCUT2D eigenvalue weighted by Gasteiger charge is 2.49. The second-order valence-corrected chi connectivity index (χ2v) is 7.71. The number of fused-ring (bicyclic) bond motifs is 5. The number of methoxy groups -OCH3 is 1. The quantitative estimate of drug-likeness (QED) is 0.920. The van der Waals surface area contributed by atoms with Gasteiger partial charge in [0.25, 0.3) is 0 Å². The highest BCUT2D eigenvalue weighted by Crippen LogP contribution is 2.57. The predicted molar refractivity (Wildman–Crippen MR) is 95.3 cm³/mol. The van der Waals surface area contributed by atoms with E-state index in [-0.39, 0.29) is 23.5 Å². The van der Waals surface area contributed by atoms with Crippen LogP contribution < -0.4 is 10.5 Å². The van der Waals surface area contributed by atoms with Gasteiger partial charge in [-0.25, -0.2) is 0 Å². The van der Waals surface area contributed by atoms with Gasteiger partial charge in [-0.15, -0.1) is 0 Å². The molecule has 1 amide bonds. The van der Waals surface area contributed by atoms with E-state index in [9.17, 15) is 9.59 Å². The van der Waals surface area contributed by atoms with Crippen LogP contribution in [0.25, 0.3) is 0 Å². The molecule has 1 saturated carbocycles. The molecule has 25 heavy (non-hydrogen) atoms. The smallest absolute Gasteiger partial charge is 0.221 e. The Balaban J connectivity index is 1.82. The highest BCUT2D eigenvalue weighted by molar-refractivity contribution is 5.95. The number of nitrogens with two attached hydrogens (primary N) is 1. The van der Waals surface area contributed by atoms with Gasteiger partial charge in [0.1, 0.15) is 5.75 Å². The van der Waals surface area contributed by atoms with Crippen LogP contribution in [0.1, 0.15) is 49.7 Å². The summed E-state index contributed by atoms with van der Waals surface area (Å²) in [6, 6.07) is 6.22. The van der Waals surface area contributed by atoms with Crippen molar-refractivity contribution in [2.24, 2.45) is 23.5 Å². The molecule has 0 radical (unpaired) electrons. The minimum Gasteiger partial charge on any atom is -0.497 e. The monoisotopic (exact) mass is 339 g/mol. The molecule has 0 unspecified atom stereocenters. The van der Waals surface area contributed by atoms with Crippen molar-refractivity contribution in [2.75, 3.05) is 7.11 Å². The van der Waals surface area contributed by atoms with Gasteiger partial charge in [0.2, 0.25) is 5.91 Å². The van der Waals surface area contributed by atoms with E-state index in [1.807, 2.05) is 6.07 Å². The third-order valence-electron chi connectivity index (χ3n) is 6.64. The minimum absolute atomic E-state index is 0.149. The molecule has 4 rings (SSSR count). The fraction of sp³-hybridized carbons (Fsp3) is 0.524. The molecule has 0 bridgehead atoms. The molecule has 1 fully saturated rings. The van der Waals surface area contributed by atoms with Crippen molar-refractivity contribution in [1.82, 2.24) is 0 Å². The Kier molecular flexibility index (Phi) is 3.94. The first-order valence-corrected chi connectivity index (χ1v) is 9.20. The van der Waals surface area contributed by atoms with E-state index in [0.29, 0.717) is 18.3 Å². The van der Waals surface area contributed by atoms with Crippen molar-refractivity contribution in [1.29, 1.82) is 0 Å². The van der Waals surface area contributed by atoms with Crippen LogP contribution in [0.5, 0.6) is 5.75 Å². The van der Waals surface area contributed by atoms with Crippen molar-refractivity contribution < 1.29 is 14.3 Å². The summed E-state index contributed by atoms with van der Waals surface area (Å²) in [4.78, 5) is 24.4. The fourth-order valence-electron chi connectivity index (χ4n) is 5.59. The molecule has 0 spiro atoms. The molecule has 0 aliphatic heterocycles. The van der Waals surface area contributed by atoms with Crippen molar-refractivity contribution in [3.05, 3.63) is 40.5 Å². The van der Waals surface area contributed by atoms with E-state index in [1.54, 1.807) is 14.0 Å². The maximum Gasteiger partial charge on any atom is 0.221 e. The number of Topliss-reactive ketones (excluding diaryl/α,β-unsaturated/α-hetero) is 1. The fourth-order valence-corrected chi connectivity index (χ4v) is 5.59. The second kappa shape index (κ2) is 6.01. The lowest BCUT2D eigenvalue weighted by atomic mass is 9.58. The summed E-state index contributed by atoms with van der Waals surface area (Å²) in [5, 5.41) is 0. The van der Waals surface area contributed by atoms with Crippen LogP contribution in [0.3, 0.4) is 0 Å². The van der Waals surface area contributed by atoms with Crippen molar-refractivity contribution >= 4 is 11.7 Å². The van der Waals surface area contributed by atoms with Crippen molar-refractivity contribution in [3.8, 4) is 5.75 Å². The molecule has 0 saturated heterocycles. The lowest BCUT2D eigenvalue weighted by Crippen LogP contribution is -2.42. The Bertz CT molecular complexity index is 779. The van der Waals surface area contributed by atoms with E-state index in [2.05, 4.69) is 12.1 Å². The summed E-state index contributed by atoms with van der Waals surface area (Å²) < 4.78 is 5.42. The van der Waals surface area contributed by atoms with E-state index < -0.39 is 0 Å². The zero-order valence-corrected chi connectivity index (χ0v) is 14.9. The van der Waals surface area contributed by atoms with Crippen LogP contribution in [0.15, 0.2) is 29.3 Å². The van der Waals surface area contributed by atoms with Gasteiger partial charge >= 0.3 is 0 Å². The first-order valence-electron chi connectivity index (χ1n) is 9.20. The maximum absolute atomic E-state index is 12.3. The molecule has 3 aliphatic rings. The minimum atomic E-state index is -0.244. The molecule has 0 heterocycles. The Labute approximate surface area is 148 Å². The second-order valence-electron chi connectivity index (χ2n) is 7.71. The molecule has 132 valence electrons. The first kappa shape index (κ1) is 16.4. The topological polar surface area (TPSA) is 69.4 Å². The third-order valence-corrected chi connectivity index (χ3v) is 6.64. The molecule has 0 aromatic heterocycles. The molecular formula is C21H25NO3. The predicted octanol–water partition coefficient (Wildman–Crippen LogP) is 3.14. The zero-order valence-electron chi connectivity index (χ0n) is 14.9. The highest BCUT2D eigenvalue weighted by atomic mass is 16.5. The standard InChI is InChI=1S/C21H25NO3/c1-11(23)14-7-8-15-16-6-4-12-3-5-13(25-2)9-17(12)20(16)19(21(22)24)10-18(14)15/h3,5,9,15-16,19-20H,4,6-8,10H2,1-2H3,(H2,22,24)/t15-,16-,19-,20-/m0/s1. The van der Waals surface area contributed by atoms with E-state index in [1.165, 1.54) is 16.7 Å². The normalized spacial score (nSPS) is 30.3. The van der Waals surface area contributed by atoms with Gasteiger partial charge in [-0.05, 0) is 85.6 Å². The molecule has 1 aromatic rings. The van der Waals surface area contributed by atoms with Gasteiger partial charge in [0.15, 0.2) is 5.78 Å². The number of hydrogen-bond acceptors (Lipinski definition) is 3. The van der Waals surface area contributed by atoms with Crippen LogP contribution in [0.2, 0.25) is 0 Å². The van der Waals surface area contributed by atoms with Crippen LogP contribution in [-0.4, -0.2) is 18.8 Å². The number of amides is 1. The number of carbonyl (C=O) groups is 2. The van der Waals surface area contributed by atoms with Crippen LogP contribution in [-0.2, 0) is 16.0 Å². The summed E-state index contributed by atoms with van der Waals surface area (Å²) in [6.45, 7) is 1.65. The van der Waals surface area contributed by atoms with Gasteiger partial charge in [-0.1, -0.05) is 11.6 Å². The summed E-state index contributed by atoms with van der Waals surface area (Å²) in [6.07, 6.45) is 4.62. The van der Waals surface area contributed by atoms with Gasteiger partial charge in [-0.2, -0.15) is 0 Å². The number of hydrogen-bond donors (Lipinski definition) is 1. The molecule has 3 aliphatic carbocycles. The number of ketones is 1. The maximum atomic E-state index is 12.3. The molecular weight excluding hydrogens is 314 g/mol. The SMILES string of the molecule is COc1ccc2c(c1)[C@@H]1[C@@H](CC2)[C@@H]2CCC(C(C)=O)=C2C[C@@H]1C(N)=O. The number of benzene rings is 1. The number of aryl methyl sites for hydroxylation is 1. The average molecular weight is 339 g/mol. The van der Waals surface area contributed by atoms with Crippen molar-refractivity contribution in [3.63, 3.8) is 0 Å².